The van der Waals surface area contributed by atoms with Crippen molar-refractivity contribution in [1.29, 1.82) is 5.41 Å². The number of benzene rings is 2. The lowest BCUT2D eigenvalue weighted by molar-refractivity contribution is -0.150. The normalized spacial score (nSPS) is 20.3. The minimum atomic E-state index is -3.67. The van der Waals surface area contributed by atoms with E-state index in [9.17, 15) is 23.1 Å². The lowest BCUT2D eigenvalue weighted by Gasteiger charge is -2.34. The van der Waals surface area contributed by atoms with Crippen LogP contribution in [-0.2, 0) is 31.1 Å². The molecule has 2 aliphatic rings. The predicted molar refractivity (Wildman–Crippen MR) is 120 cm³/mol. The second-order valence-electron chi connectivity index (χ2n) is 7.47. The van der Waals surface area contributed by atoms with Gasteiger partial charge in [-0.3, -0.25) is 19.7 Å². The van der Waals surface area contributed by atoms with Gasteiger partial charge in [-0.2, -0.15) is 13.1 Å². The maximum atomic E-state index is 13.0. The zero-order valence-corrected chi connectivity index (χ0v) is 18.1. The van der Waals surface area contributed by atoms with Gasteiger partial charge in [0.2, 0.25) is 0 Å². The van der Waals surface area contributed by atoms with E-state index in [4.69, 9.17) is 15.9 Å². The van der Waals surface area contributed by atoms with Gasteiger partial charge < -0.3 is 25.8 Å². The van der Waals surface area contributed by atoms with Gasteiger partial charge in [0.1, 0.15) is 5.84 Å². The van der Waals surface area contributed by atoms with Crippen LogP contribution in [0.25, 0.3) is 0 Å². The van der Waals surface area contributed by atoms with Crippen molar-refractivity contribution >= 4 is 44.9 Å². The molecule has 0 aromatic heterocycles. The summed E-state index contributed by atoms with van der Waals surface area (Å²) in [6.07, 6.45) is -3.22. The van der Waals surface area contributed by atoms with Crippen LogP contribution in [0.2, 0.25) is 0 Å². The molecular formula is C20H22N6O6S. The first-order valence-electron chi connectivity index (χ1n) is 9.91. The van der Waals surface area contributed by atoms with Crippen LogP contribution in [0.5, 0.6) is 0 Å². The molecule has 174 valence electrons. The van der Waals surface area contributed by atoms with Crippen molar-refractivity contribution in [3.63, 3.8) is 0 Å². The van der Waals surface area contributed by atoms with E-state index in [1.54, 1.807) is 12.1 Å². The molecule has 4 rings (SSSR count). The summed E-state index contributed by atoms with van der Waals surface area (Å²) in [5, 5.41) is 20.4. The highest BCUT2D eigenvalue weighted by Gasteiger charge is 2.39. The van der Waals surface area contributed by atoms with Crippen molar-refractivity contribution in [2.45, 2.75) is 18.8 Å². The highest BCUT2D eigenvalue weighted by atomic mass is 32.2. The Kier molecular flexibility index (Phi) is 6.03. The van der Waals surface area contributed by atoms with E-state index < -0.39 is 34.2 Å². The highest BCUT2D eigenvalue weighted by molar-refractivity contribution is 7.90. The van der Waals surface area contributed by atoms with Crippen LogP contribution in [0.4, 0.5) is 17.1 Å². The Morgan fingerprint density at radius 1 is 1.27 bits per heavy atom. The van der Waals surface area contributed by atoms with Crippen LogP contribution in [0.3, 0.4) is 0 Å². The fourth-order valence-corrected chi connectivity index (χ4v) is 4.41. The number of ether oxygens (including phenoxy) is 1. The summed E-state index contributed by atoms with van der Waals surface area (Å²) in [5.74, 6) is -1.59. The van der Waals surface area contributed by atoms with Gasteiger partial charge in [0.25, 0.3) is 22.0 Å². The first-order chi connectivity index (χ1) is 15.6. The van der Waals surface area contributed by atoms with E-state index >= 15 is 0 Å². The minimum absolute atomic E-state index is 0.0679. The molecule has 0 aliphatic carbocycles. The molecule has 2 atom stereocenters. The molecule has 2 amide bonds. The maximum Gasteiger partial charge on any atom is 0.299 e. The first kappa shape index (κ1) is 22.7. The molecular weight excluding hydrogens is 452 g/mol. The number of carbonyl (C=O) groups excluding carboxylic acids is 2. The standard InChI is InChI=1S/C20H22N6O6S/c21-18(22)11-1-4-13(5-2-11)24-19(28)16(27)17-20(29)26(7-8-32-17)14-6-3-12-10-23-33(30,31)25-15(12)9-14/h1-6,9,16-17,23,25,27H,7-8,10H2,(H3,21,22)(H,24,28)/t16-,17-/m1/s1. The van der Waals surface area contributed by atoms with Crippen molar-refractivity contribution in [3.05, 3.63) is 53.6 Å². The Bertz CT molecular complexity index is 1220. The molecule has 2 aliphatic heterocycles. The molecule has 0 radical (unpaired) electrons. The number of nitrogens with two attached hydrogens (primary N) is 1. The lowest BCUT2D eigenvalue weighted by Crippen LogP contribution is -2.55. The van der Waals surface area contributed by atoms with Gasteiger partial charge in [-0.05, 0) is 42.0 Å². The molecule has 1 fully saturated rings. The molecule has 2 heterocycles. The summed E-state index contributed by atoms with van der Waals surface area (Å²) in [6, 6.07) is 11.0. The third-order valence-electron chi connectivity index (χ3n) is 5.24. The molecule has 2 aromatic rings. The summed E-state index contributed by atoms with van der Waals surface area (Å²) >= 11 is 0. The number of nitrogens with zero attached hydrogens (tertiary/aromatic N) is 1. The number of amides is 2. The second kappa shape index (κ2) is 8.78. The number of aliphatic hydroxyl groups is 1. The topological polar surface area (TPSA) is 187 Å². The van der Waals surface area contributed by atoms with Gasteiger partial charge in [-0.1, -0.05) is 6.07 Å². The summed E-state index contributed by atoms with van der Waals surface area (Å²) in [4.78, 5) is 26.9. The van der Waals surface area contributed by atoms with Gasteiger partial charge in [0.15, 0.2) is 12.2 Å². The summed E-state index contributed by atoms with van der Waals surface area (Å²) in [6.45, 7) is 0.356. The van der Waals surface area contributed by atoms with Crippen LogP contribution in [-0.4, -0.2) is 56.5 Å². The van der Waals surface area contributed by atoms with Gasteiger partial charge >= 0.3 is 0 Å². The fraction of sp³-hybridized carbons (Fsp3) is 0.250. The van der Waals surface area contributed by atoms with Gasteiger partial charge in [-0.25, -0.2) is 0 Å². The van der Waals surface area contributed by atoms with Gasteiger partial charge in [0, 0.05) is 30.0 Å². The average molecular weight is 474 g/mol. The molecule has 13 heteroatoms. The SMILES string of the molecule is N=C(N)c1ccc(NC(=O)[C@H](O)[C@H]2OCCN(c3ccc4c(c3)NS(=O)(=O)NC4)C2=O)cc1. The number of carbonyl (C=O) groups is 2. The maximum absolute atomic E-state index is 13.0. The number of fused-ring (bicyclic) bond motifs is 1. The van der Waals surface area contributed by atoms with Crippen LogP contribution < -0.4 is 25.4 Å². The van der Waals surface area contributed by atoms with Crippen molar-refractivity contribution in [2.24, 2.45) is 5.73 Å². The van der Waals surface area contributed by atoms with Crippen molar-refractivity contribution < 1.29 is 27.9 Å². The van der Waals surface area contributed by atoms with Gasteiger partial charge in [-0.15, -0.1) is 0 Å². The smallest absolute Gasteiger partial charge is 0.299 e. The molecule has 0 bridgehead atoms. The Morgan fingerprint density at radius 3 is 2.70 bits per heavy atom. The number of nitrogen functional groups attached to an aromatic ring is 1. The van der Waals surface area contributed by atoms with E-state index in [1.165, 1.54) is 35.2 Å². The van der Waals surface area contributed by atoms with Crippen molar-refractivity contribution in [1.82, 2.24) is 4.72 Å². The molecule has 0 unspecified atom stereocenters. The summed E-state index contributed by atoms with van der Waals surface area (Å²) < 4.78 is 33.7. The number of hydrogen-bond acceptors (Lipinski definition) is 7. The van der Waals surface area contributed by atoms with Crippen LogP contribution in [0.1, 0.15) is 11.1 Å². The molecule has 7 N–H and O–H groups in total. The van der Waals surface area contributed by atoms with E-state index in [0.717, 1.165) is 0 Å². The lowest BCUT2D eigenvalue weighted by atomic mass is 10.1. The van der Waals surface area contributed by atoms with E-state index in [2.05, 4.69) is 14.8 Å². The number of amidine groups is 1. The van der Waals surface area contributed by atoms with E-state index in [0.29, 0.717) is 28.2 Å². The Balaban J connectivity index is 1.48. The van der Waals surface area contributed by atoms with E-state index in [-0.39, 0.29) is 25.5 Å². The second-order valence-corrected chi connectivity index (χ2v) is 8.97. The number of morpholine rings is 1. The van der Waals surface area contributed by atoms with Crippen LogP contribution in [0, 0.1) is 5.41 Å². The fourth-order valence-electron chi connectivity index (χ4n) is 3.51. The number of anilines is 3. The van der Waals surface area contributed by atoms with E-state index in [1.807, 2.05) is 0 Å². The molecule has 1 saturated heterocycles. The summed E-state index contributed by atoms with van der Waals surface area (Å²) in [5.41, 5.74) is 7.67. The van der Waals surface area contributed by atoms with Gasteiger partial charge in [0.05, 0.1) is 12.3 Å². The monoisotopic (exact) mass is 474 g/mol. The molecule has 2 aromatic carbocycles. The molecule has 0 saturated carbocycles. The third kappa shape index (κ3) is 4.80. The molecule has 12 nitrogen and oxygen atoms in total. The first-order valence-corrected chi connectivity index (χ1v) is 11.4. The Hall–Kier alpha value is -3.52. The highest BCUT2D eigenvalue weighted by Crippen LogP contribution is 2.29. The minimum Gasteiger partial charge on any atom is -0.384 e. The predicted octanol–water partition coefficient (Wildman–Crippen LogP) is -0.538. The van der Waals surface area contributed by atoms with Crippen molar-refractivity contribution in [2.75, 3.05) is 28.1 Å². The van der Waals surface area contributed by atoms with Crippen LogP contribution in [0.15, 0.2) is 42.5 Å². The zero-order chi connectivity index (χ0) is 23.8. The quantitative estimate of drug-likeness (QED) is 0.248. The third-order valence-corrected chi connectivity index (χ3v) is 6.26. The molecule has 0 spiro atoms. The number of rotatable bonds is 5. The summed E-state index contributed by atoms with van der Waals surface area (Å²) in [7, 11) is -3.67. The number of nitrogens with one attached hydrogen (secondary N) is 4. The molecule has 33 heavy (non-hydrogen) atoms. The van der Waals surface area contributed by atoms with Crippen molar-refractivity contribution in [3.8, 4) is 0 Å². The average Bonchev–Trinajstić information content (AvgIpc) is 2.78. The zero-order valence-electron chi connectivity index (χ0n) is 17.2. The van der Waals surface area contributed by atoms with Crippen LogP contribution >= 0.6 is 0 Å². The Morgan fingerprint density at radius 2 is 2.00 bits per heavy atom. The Labute approximate surface area is 189 Å². The number of aliphatic hydroxyl groups excluding tert-OH is 1. The number of hydrogen-bond donors (Lipinski definition) is 6. The largest absolute Gasteiger partial charge is 0.384 e.